The first kappa shape index (κ1) is 9.43. The molecule has 3 unspecified atom stereocenters. The van der Waals surface area contributed by atoms with Gasteiger partial charge in [-0.1, -0.05) is 20.8 Å². The van der Waals surface area contributed by atoms with Gasteiger partial charge >= 0.3 is 6.03 Å². The van der Waals surface area contributed by atoms with E-state index in [9.17, 15) is 14.0 Å². The average Bonchev–Trinajstić information content (AvgIpc) is 2.10. The van der Waals surface area contributed by atoms with E-state index >= 15 is 0 Å². The Morgan fingerprint density at radius 3 is 2.50 bits per heavy atom. The van der Waals surface area contributed by atoms with Gasteiger partial charge in [0.1, 0.15) is 0 Å². The number of hydrogen-bond acceptors (Lipinski definition) is 2. The molecule has 3 amide bonds. The lowest BCUT2D eigenvalue weighted by Gasteiger charge is -2.61. The van der Waals surface area contributed by atoms with Crippen molar-refractivity contribution in [2.24, 2.45) is 11.3 Å². The molecule has 0 aromatic carbocycles. The van der Waals surface area contributed by atoms with Crippen LogP contribution in [-0.2, 0) is 4.79 Å². The smallest absolute Gasteiger partial charge is 0.321 e. The first-order valence-corrected chi connectivity index (χ1v) is 4.62. The molecular weight excluding hydrogens is 187 g/mol. The summed E-state index contributed by atoms with van der Waals surface area (Å²) in [5.41, 5.74) is -2.31. The minimum absolute atomic E-state index is 0.373. The van der Waals surface area contributed by atoms with Gasteiger partial charge in [0.15, 0.2) is 0 Å². The lowest BCUT2D eigenvalue weighted by molar-refractivity contribution is -0.180. The highest BCUT2D eigenvalue weighted by molar-refractivity contribution is 6.03. The summed E-state index contributed by atoms with van der Waals surface area (Å²) in [5.74, 6) is -1.20. The van der Waals surface area contributed by atoms with E-state index in [2.05, 4.69) is 5.32 Å². The number of halogens is 1. The standard InChI is InChI=1S/C9H13FN2O2/c1-4-8(2,3)5-9(4,10)6(13)12-7(14)11-5/h4-5H,1-3H3,(H2,11,12,13,14). The molecule has 1 saturated heterocycles. The predicted octanol–water partition coefficient (Wildman–Crippen LogP) is 0.579. The maximum Gasteiger partial charge on any atom is 0.321 e. The molecule has 1 saturated carbocycles. The minimum Gasteiger partial charge on any atom is -0.331 e. The number of carbonyl (C=O) groups is 2. The summed E-state index contributed by atoms with van der Waals surface area (Å²) in [6.45, 7) is 5.38. The third-order valence-electron chi connectivity index (χ3n) is 3.76. The molecule has 2 fully saturated rings. The molecule has 14 heavy (non-hydrogen) atoms. The van der Waals surface area contributed by atoms with E-state index < -0.39 is 23.6 Å². The molecule has 5 heteroatoms. The first-order valence-electron chi connectivity index (χ1n) is 4.62. The van der Waals surface area contributed by atoms with Crippen molar-refractivity contribution < 1.29 is 14.0 Å². The highest BCUT2D eigenvalue weighted by atomic mass is 19.1. The summed E-state index contributed by atoms with van der Waals surface area (Å²) < 4.78 is 14.2. The number of carbonyl (C=O) groups excluding carboxylic acids is 2. The Morgan fingerprint density at radius 1 is 1.36 bits per heavy atom. The zero-order valence-electron chi connectivity index (χ0n) is 8.35. The van der Waals surface area contributed by atoms with Crippen molar-refractivity contribution in [1.29, 1.82) is 0 Å². The maximum absolute atomic E-state index is 14.2. The number of fused-ring (bicyclic) bond motifs is 1. The van der Waals surface area contributed by atoms with Gasteiger partial charge in [0, 0.05) is 5.92 Å². The fourth-order valence-corrected chi connectivity index (χ4v) is 2.47. The van der Waals surface area contributed by atoms with Gasteiger partial charge in [0.05, 0.1) is 6.04 Å². The molecule has 0 aromatic rings. The van der Waals surface area contributed by atoms with Crippen LogP contribution in [0.3, 0.4) is 0 Å². The number of urea groups is 1. The zero-order valence-corrected chi connectivity index (χ0v) is 8.35. The summed E-state index contributed by atoms with van der Waals surface area (Å²) in [7, 11) is 0. The van der Waals surface area contributed by atoms with Gasteiger partial charge < -0.3 is 5.32 Å². The van der Waals surface area contributed by atoms with E-state index in [0.29, 0.717) is 0 Å². The molecule has 1 aliphatic heterocycles. The van der Waals surface area contributed by atoms with Crippen LogP contribution in [0, 0.1) is 11.3 Å². The number of imide groups is 1. The normalized spacial score (nSPS) is 44.6. The minimum atomic E-state index is -1.93. The van der Waals surface area contributed by atoms with Crippen molar-refractivity contribution in [2.45, 2.75) is 32.5 Å². The van der Waals surface area contributed by atoms with Gasteiger partial charge in [-0.15, -0.1) is 0 Å². The van der Waals surface area contributed by atoms with Crippen LogP contribution in [0.5, 0.6) is 0 Å². The maximum atomic E-state index is 14.2. The molecule has 2 N–H and O–H groups in total. The highest BCUT2D eigenvalue weighted by Crippen LogP contribution is 2.56. The molecule has 0 bridgehead atoms. The summed E-state index contributed by atoms with van der Waals surface area (Å²) in [4.78, 5) is 22.3. The summed E-state index contributed by atoms with van der Waals surface area (Å²) in [6.07, 6.45) is 0. The van der Waals surface area contributed by atoms with E-state index in [1.807, 2.05) is 19.2 Å². The van der Waals surface area contributed by atoms with Crippen LogP contribution in [0.15, 0.2) is 0 Å². The Kier molecular flexibility index (Phi) is 1.53. The second-order valence-corrected chi connectivity index (χ2v) is 4.67. The van der Waals surface area contributed by atoms with Crippen LogP contribution in [0.25, 0.3) is 0 Å². The number of rotatable bonds is 0. The van der Waals surface area contributed by atoms with E-state index in [0.717, 1.165) is 0 Å². The molecule has 0 radical (unpaired) electrons. The average molecular weight is 200 g/mol. The number of amides is 3. The lowest BCUT2D eigenvalue weighted by Crippen LogP contribution is -2.82. The van der Waals surface area contributed by atoms with Crippen molar-refractivity contribution in [3.05, 3.63) is 0 Å². The van der Waals surface area contributed by atoms with Crippen LogP contribution in [-0.4, -0.2) is 23.6 Å². The van der Waals surface area contributed by atoms with Crippen LogP contribution in [0.4, 0.5) is 9.18 Å². The van der Waals surface area contributed by atoms with E-state index in [-0.39, 0.29) is 11.3 Å². The summed E-state index contributed by atoms with van der Waals surface area (Å²) >= 11 is 0. The molecule has 1 heterocycles. The monoisotopic (exact) mass is 200 g/mol. The predicted molar refractivity (Wildman–Crippen MR) is 47.2 cm³/mol. The molecular formula is C9H13FN2O2. The van der Waals surface area contributed by atoms with Crippen molar-refractivity contribution in [3.8, 4) is 0 Å². The highest BCUT2D eigenvalue weighted by Gasteiger charge is 2.72. The Labute approximate surface area is 81.2 Å². The van der Waals surface area contributed by atoms with Gasteiger partial charge in [0.2, 0.25) is 5.67 Å². The third-order valence-corrected chi connectivity index (χ3v) is 3.76. The van der Waals surface area contributed by atoms with Gasteiger partial charge in [-0.3, -0.25) is 10.1 Å². The zero-order chi connectivity index (χ0) is 10.7. The summed E-state index contributed by atoms with van der Waals surface area (Å²) in [6, 6.07) is -1.31. The second-order valence-electron chi connectivity index (χ2n) is 4.67. The number of nitrogens with one attached hydrogen (secondary N) is 2. The van der Waals surface area contributed by atoms with E-state index in [1.54, 1.807) is 6.92 Å². The Hall–Kier alpha value is -1.13. The second kappa shape index (κ2) is 2.27. The topological polar surface area (TPSA) is 58.2 Å². The van der Waals surface area contributed by atoms with E-state index in [4.69, 9.17) is 0 Å². The SMILES string of the molecule is CC1C(C)(C)C2NC(=O)NC(=O)C12F. The molecule has 78 valence electrons. The number of alkyl halides is 1. The van der Waals surface area contributed by atoms with E-state index in [1.165, 1.54) is 0 Å². The fraction of sp³-hybridized carbons (Fsp3) is 0.778. The molecule has 4 nitrogen and oxygen atoms in total. The largest absolute Gasteiger partial charge is 0.331 e. The van der Waals surface area contributed by atoms with Crippen LogP contribution >= 0.6 is 0 Å². The van der Waals surface area contributed by atoms with Gasteiger partial charge in [-0.2, -0.15) is 0 Å². The van der Waals surface area contributed by atoms with Crippen molar-refractivity contribution in [2.75, 3.05) is 0 Å². The summed E-state index contributed by atoms with van der Waals surface area (Å²) in [5, 5.41) is 4.42. The van der Waals surface area contributed by atoms with Crippen LogP contribution in [0.1, 0.15) is 20.8 Å². The molecule has 2 rings (SSSR count). The number of hydrogen-bond donors (Lipinski definition) is 2. The molecule has 0 aromatic heterocycles. The third kappa shape index (κ3) is 0.779. The Bertz CT molecular complexity index is 329. The fourth-order valence-electron chi connectivity index (χ4n) is 2.47. The lowest BCUT2D eigenvalue weighted by atomic mass is 9.49. The first-order chi connectivity index (χ1) is 6.31. The quantitative estimate of drug-likeness (QED) is 0.601. The molecule has 1 aliphatic carbocycles. The van der Waals surface area contributed by atoms with Crippen LogP contribution < -0.4 is 10.6 Å². The van der Waals surface area contributed by atoms with Crippen LogP contribution in [0.2, 0.25) is 0 Å². The Morgan fingerprint density at radius 2 is 1.93 bits per heavy atom. The van der Waals surface area contributed by atoms with Gasteiger partial charge in [-0.05, 0) is 5.41 Å². The molecule has 0 spiro atoms. The van der Waals surface area contributed by atoms with Crippen molar-refractivity contribution in [1.82, 2.24) is 10.6 Å². The van der Waals surface area contributed by atoms with Crippen molar-refractivity contribution >= 4 is 11.9 Å². The van der Waals surface area contributed by atoms with Gasteiger partial charge in [0.25, 0.3) is 5.91 Å². The molecule has 3 atom stereocenters. The van der Waals surface area contributed by atoms with Crippen molar-refractivity contribution in [3.63, 3.8) is 0 Å². The Balaban J connectivity index is 2.37. The van der Waals surface area contributed by atoms with Gasteiger partial charge in [-0.25, -0.2) is 9.18 Å². The molecule has 2 aliphatic rings.